The van der Waals surface area contributed by atoms with Gasteiger partial charge in [-0.3, -0.25) is 0 Å². The zero-order valence-electron chi connectivity index (χ0n) is 25.7. The molecule has 0 heterocycles. The Bertz CT molecular complexity index is 2410. The molecule has 8 nitrogen and oxygen atoms in total. The van der Waals surface area contributed by atoms with Gasteiger partial charge in [-0.1, -0.05) is 60.7 Å². The highest BCUT2D eigenvalue weighted by molar-refractivity contribution is 6.39. The van der Waals surface area contributed by atoms with Crippen molar-refractivity contribution in [3.8, 4) is 70.2 Å². The number of nitriles is 6. The van der Waals surface area contributed by atoms with Crippen LogP contribution < -0.4 is 9.47 Å². The van der Waals surface area contributed by atoms with Crippen LogP contribution in [0, 0.1) is 68.0 Å². The van der Waals surface area contributed by atoms with Gasteiger partial charge in [-0.25, -0.2) is 0 Å². The fourth-order valence-corrected chi connectivity index (χ4v) is 6.48. The number of halogens is 6. The van der Waals surface area contributed by atoms with Crippen LogP contribution in [0.25, 0.3) is 44.5 Å². The van der Waals surface area contributed by atoms with Crippen LogP contribution in [0.2, 0.25) is 0 Å². The number of rotatable bonds is 4. The highest BCUT2D eigenvalue weighted by Crippen LogP contribution is 2.62. The number of fused-ring (bicyclic) bond motifs is 4. The molecule has 0 saturated carbocycles. The summed E-state index contributed by atoms with van der Waals surface area (Å²) in [7, 11) is 0. The largest absolute Gasteiger partial charge is 0.573 e. The van der Waals surface area contributed by atoms with Crippen LogP contribution in [0.4, 0.5) is 26.3 Å². The highest BCUT2D eigenvalue weighted by Gasteiger charge is 2.43. The fraction of sp³-hybridized carbons (Fsp3) is 0.0526. The first kappa shape index (κ1) is 34.1. The number of benzene rings is 4. The van der Waals surface area contributed by atoms with E-state index in [1.807, 2.05) is 24.3 Å². The lowest BCUT2D eigenvalue weighted by Crippen LogP contribution is -2.18. The average Bonchev–Trinajstić information content (AvgIpc) is 3.61. The lowest BCUT2D eigenvalue weighted by molar-refractivity contribution is -0.275. The maximum absolute atomic E-state index is 13.3. The summed E-state index contributed by atoms with van der Waals surface area (Å²) in [6.45, 7) is 0. The summed E-state index contributed by atoms with van der Waals surface area (Å²) in [5.41, 5.74) is -1.04. The Morgan fingerprint density at radius 3 is 1.06 bits per heavy atom. The minimum Gasteiger partial charge on any atom is -0.404 e. The second-order valence-corrected chi connectivity index (χ2v) is 10.8. The molecule has 0 aromatic heterocycles. The minimum absolute atomic E-state index is 0.0464. The van der Waals surface area contributed by atoms with Gasteiger partial charge in [-0.2, -0.15) is 31.6 Å². The van der Waals surface area contributed by atoms with Gasteiger partial charge in [0.05, 0.1) is 0 Å². The Balaban J connectivity index is 1.72. The fourth-order valence-electron chi connectivity index (χ4n) is 6.48. The van der Waals surface area contributed by atoms with Crippen molar-refractivity contribution < 1.29 is 35.8 Å². The first-order valence-electron chi connectivity index (χ1n) is 14.5. The van der Waals surface area contributed by atoms with E-state index in [4.69, 9.17) is 0 Å². The van der Waals surface area contributed by atoms with Gasteiger partial charge in [0.1, 0.15) is 70.2 Å². The van der Waals surface area contributed by atoms with Crippen LogP contribution in [0.5, 0.6) is 11.5 Å². The lowest BCUT2D eigenvalue weighted by atomic mass is 9.82. The van der Waals surface area contributed by atoms with Gasteiger partial charge in [0, 0.05) is 44.5 Å². The predicted octanol–water partition coefficient (Wildman–Crippen LogP) is 9.10. The molecule has 6 rings (SSSR count). The Kier molecular flexibility index (Phi) is 8.26. The normalized spacial score (nSPS) is 12.5. The number of alkyl halides is 6. The van der Waals surface area contributed by atoms with E-state index in [0.717, 1.165) is 12.1 Å². The second kappa shape index (κ2) is 12.6. The summed E-state index contributed by atoms with van der Waals surface area (Å²) in [5.74, 6) is -1.63. The van der Waals surface area contributed by atoms with E-state index in [2.05, 4.69) is 9.47 Å². The van der Waals surface area contributed by atoms with E-state index in [1.165, 1.54) is 60.7 Å². The molecule has 0 amide bonds. The molecular formula is C38H12F6N6O2. The van der Waals surface area contributed by atoms with Crippen LogP contribution in [0.1, 0.15) is 33.4 Å². The molecule has 0 atom stereocenters. The molecule has 0 unspecified atom stereocenters. The summed E-state index contributed by atoms with van der Waals surface area (Å²) in [4.78, 5) is 0. The SMILES string of the molecule is N#CC(C#N)=C1C2=C(C(=C(C#N)C#N)c3c2cccc3-c2cccc(OC(F)(F)F)c2C#N)c2cccc(-c3cccc(OC(F)(F)F)c3C#N)c21. The van der Waals surface area contributed by atoms with Gasteiger partial charge >= 0.3 is 12.7 Å². The molecule has 14 heteroatoms. The van der Waals surface area contributed by atoms with Crippen LogP contribution >= 0.6 is 0 Å². The third-order valence-corrected chi connectivity index (χ3v) is 8.17. The molecule has 0 spiro atoms. The summed E-state index contributed by atoms with van der Waals surface area (Å²) in [6.07, 6.45) is -10.3. The Morgan fingerprint density at radius 1 is 0.442 bits per heavy atom. The molecule has 2 aliphatic rings. The highest BCUT2D eigenvalue weighted by atomic mass is 19.4. The molecule has 0 aliphatic heterocycles. The van der Waals surface area contributed by atoms with E-state index in [1.54, 1.807) is 12.1 Å². The van der Waals surface area contributed by atoms with Gasteiger partial charge in [0.15, 0.2) is 0 Å². The quantitative estimate of drug-likeness (QED) is 0.151. The van der Waals surface area contributed by atoms with Gasteiger partial charge < -0.3 is 9.47 Å². The maximum atomic E-state index is 13.3. The molecule has 2 aliphatic carbocycles. The summed E-state index contributed by atoms with van der Waals surface area (Å²) in [6, 6.07) is 26.6. The molecule has 4 aromatic rings. The number of ether oxygens (including phenoxy) is 2. The van der Waals surface area contributed by atoms with Crippen LogP contribution in [-0.4, -0.2) is 12.7 Å². The molecule has 0 saturated heterocycles. The second-order valence-electron chi connectivity index (χ2n) is 10.8. The van der Waals surface area contributed by atoms with E-state index in [9.17, 15) is 57.9 Å². The predicted molar refractivity (Wildman–Crippen MR) is 170 cm³/mol. The third kappa shape index (κ3) is 5.50. The monoisotopic (exact) mass is 698 g/mol. The van der Waals surface area contributed by atoms with Crippen molar-refractivity contribution >= 4 is 22.3 Å². The van der Waals surface area contributed by atoms with Crippen molar-refractivity contribution in [2.45, 2.75) is 12.7 Å². The minimum atomic E-state index is -5.15. The number of hydrogen-bond donors (Lipinski definition) is 0. The van der Waals surface area contributed by atoms with Gasteiger partial charge in [-0.15, -0.1) is 26.3 Å². The Labute approximate surface area is 289 Å². The van der Waals surface area contributed by atoms with Gasteiger partial charge in [0.2, 0.25) is 0 Å². The summed E-state index contributed by atoms with van der Waals surface area (Å²) < 4.78 is 88.0. The van der Waals surface area contributed by atoms with Crippen molar-refractivity contribution in [2.75, 3.05) is 0 Å². The molecule has 0 radical (unpaired) electrons. The zero-order chi connectivity index (χ0) is 37.5. The standard InChI is InChI=1S/C38H12F6N6O2/c39-37(40,41)51-29-11-3-5-21(27(29)17-49)23-7-1-9-25-33(23)31(19(13-45)14-46)36-26-10-2-8-24(34(26)32(35(25)36)20(15-47)16-48)22-6-4-12-30(28(22)18-50)52-38(42,43)44/h1-12H. The average molecular weight is 699 g/mol. The Hall–Kier alpha value is -7.78. The van der Waals surface area contributed by atoms with Crippen molar-refractivity contribution in [3.63, 3.8) is 0 Å². The Morgan fingerprint density at radius 2 is 0.750 bits per heavy atom. The summed E-state index contributed by atoms with van der Waals surface area (Å²) >= 11 is 0. The number of hydrogen-bond acceptors (Lipinski definition) is 8. The van der Waals surface area contributed by atoms with Crippen molar-refractivity contribution in [1.82, 2.24) is 0 Å². The molecule has 0 bridgehead atoms. The zero-order valence-corrected chi connectivity index (χ0v) is 25.7. The molecule has 0 fully saturated rings. The van der Waals surface area contributed by atoms with Crippen LogP contribution in [-0.2, 0) is 0 Å². The van der Waals surface area contributed by atoms with Gasteiger partial charge in [0.25, 0.3) is 0 Å². The summed E-state index contributed by atoms with van der Waals surface area (Å²) in [5, 5.41) is 60.8. The molecule has 52 heavy (non-hydrogen) atoms. The van der Waals surface area contributed by atoms with Gasteiger partial charge in [-0.05, 0) is 34.4 Å². The number of allylic oxidation sites excluding steroid dienone is 6. The molecule has 0 N–H and O–H groups in total. The van der Waals surface area contributed by atoms with E-state index in [0.29, 0.717) is 0 Å². The van der Waals surface area contributed by atoms with Crippen molar-refractivity contribution in [1.29, 1.82) is 31.6 Å². The van der Waals surface area contributed by atoms with E-state index >= 15 is 0 Å². The molecule has 4 aromatic carbocycles. The molecular weight excluding hydrogens is 686 g/mol. The lowest BCUT2D eigenvalue weighted by Gasteiger charge is -2.20. The topological polar surface area (TPSA) is 161 Å². The van der Waals surface area contributed by atoms with Crippen molar-refractivity contribution in [3.05, 3.63) is 117 Å². The maximum Gasteiger partial charge on any atom is 0.573 e. The van der Waals surface area contributed by atoms with Crippen molar-refractivity contribution in [2.24, 2.45) is 0 Å². The van der Waals surface area contributed by atoms with E-state index < -0.39 is 46.5 Å². The number of nitrogens with zero attached hydrogens (tertiary/aromatic N) is 6. The van der Waals surface area contributed by atoms with Crippen LogP contribution in [0.15, 0.2) is 83.9 Å². The van der Waals surface area contributed by atoms with Crippen LogP contribution in [0.3, 0.4) is 0 Å². The smallest absolute Gasteiger partial charge is 0.404 e. The molecule has 248 valence electrons. The van der Waals surface area contributed by atoms with E-state index in [-0.39, 0.29) is 66.8 Å². The first-order chi connectivity index (χ1) is 24.8. The first-order valence-corrected chi connectivity index (χ1v) is 14.5. The third-order valence-electron chi connectivity index (χ3n) is 8.17.